The maximum atomic E-state index is 12.1. The second kappa shape index (κ2) is 5.18. The van der Waals surface area contributed by atoms with E-state index in [1.165, 1.54) is 0 Å². The molecule has 0 fully saturated rings. The highest BCUT2D eigenvalue weighted by atomic mass is 35.5. The molecule has 0 bridgehead atoms. The summed E-state index contributed by atoms with van der Waals surface area (Å²) in [4.78, 5) is 19.1. The topological polar surface area (TPSA) is 71.8 Å². The fourth-order valence-corrected chi connectivity index (χ4v) is 2.29. The Morgan fingerprint density at radius 1 is 1.19 bits per heavy atom. The average molecular weight is 302 g/mol. The van der Waals surface area contributed by atoms with Crippen molar-refractivity contribution >= 4 is 11.6 Å². The lowest BCUT2D eigenvalue weighted by molar-refractivity contribution is 0.431. The number of hydrogen-bond acceptors (Lipinski definition) is 4. The van der Waals surface area contributed by atoms with E-state index >= 15 is 0 Å². The van der Waals surface area contributed by atoms with E-state index in [1.807, 2.05) is 19.9 Å². The second-order valence-corrected chi connectivity index (χ2v) is 5.21. The number of nitrogens with one attached hydrogen (secondary N) is 1. The predicted octanol–water partition coefficient (Wildman–Crippen LogP) is 3.36. The van der Waals surface area contributed by atoms with E-state index in [0.717, 1.165) is 16.8 Å². The zero-order valence-corrected chi connectivity index (χ0v) is 12.2. The number of aromatic amines is 1. The van der Waals surface area contributed by atoms with Crippen LogP contribution in [0.1, 0.15) is 11.3 Å². The molecular formula is C15H12ClN3O2. The van der Waals surface area contributed by atoms with Crippen molar-refractivity contribution in [2.75, 3.05) is 0 Å². The number of aromatic nitrogens is 3. The molecule has 0 saturated carbocycles. The molecule has 2 aromatic heterocycles. The molecule has 6 heteroatoms. The highest BCUT2D eigenvalue weighted by Crippen LogP contribution is 2.23. The van der Waals surface area contributed by atoms with Gasteiger partial charge >= 0.3 is 0 Å². The Kier molecular flexibility index (Phi) is 3.35. The van der Waals surface area contributed by atoms with Crippen molar-refractivity contribution < 1.29 is 4.52 Å². The first-order chi connectivity index (χ1) is 10.0. The number of hydrogen-bond donors (Lipinski definition) is 1. The van der Waals surface area contributed by atoms with Gasteiger partial charge in [-0.25, -0.2) is 0 Å². The highest BCUT2D eigenvalue weighted by molar-refractivity contribution is 6.30. The van der Waals surface area contributed by atoms with Crippen LogP contribution in [0.2, 0.25) is 5.02 Å². The molecule has 0 aliphatic carbocycles. The van der Waals surface area contributed by atoms with Gasteiger partial charge in [0.05, 0.1) is 0 Å². The van der Waals surface area contributed by atoms with Crippen molar-refractivity contribution in [2.45, 2.75) is 13.8 Å². The van der Waals surface area contributed by atoms with Crippen molar-refractivity contribution in [3.05, 3.63) is 57.0 Å². The van der Waals surface area contributed by atoms with Gasteiger partial charge in [-0.05, 0) is 49.7 Å². The summed E-state index contributed by atoms with van der Waals surface area (Å²) >= 11 is 5.85. The van der Waals surface area contributed by atoms with Crippen LogP contribution in [-0.4, -0.2) is 15.1 Å². The third kappa shape index (κ3) is 2.60. The van der Waals surface area contributed by atoms with Crippen LogP contribution in [0, 0.1) is 13.8 Å². The van der Waals surface area contributed by atoms with Crippen LogP contribution < -0.4 is 5.56 Å². The molecule has 3 aromatic rings. The maximum absolute atomic E-state index is 12.1. The van der Waals surface area contributed by atoms with Crippen LogP contribution in [0.4, 0.5) is 0 Å². The first-order valence-corrected chi connectivity index (χ1v) is 6.73. The van der Waals surface area contributed by atoms with Gasteiger partial charge in [-0.2, -0.15) is 4.98 Å². The smallest absolute Gasteiger partial charge is 0.264 e. The molecule has 1 aromatic carbocycles. The number of rotatable bonds is 2. The van der Waals surface area contributed by atoms with Gasteiger partial charge in [-0.1, -0.05) is 16.8 Å². The summed E-state index contributed by atoms with van der Waals surface area (Å²) in [7, 11) is 0. The fraction of sp³-hybridized carbons (Fsp3) is 0.133. The van der Waals surface area contributed by atoms with Gasteiger partial charge < -0.3 is 9.51 Å². The molecule has 0 aliphatic heterocycles. The molecule has 21 heavy (non-hydrogen) atoms. The normalized spacial score (nSPS) is 10.8. The van der Waals surface area contributed by atoms with E-state index < -0.39 is 0 Å². The van der Waals surface area contributed by atoms with Gasteiger partial charge in [0.25, 0.3) is 11.4 Å². The van der Waals surface area contributed by atoms with Crippen LogP contribution in [-0.2, 0) is 0 Å². The minimum Gasteiger partial charge on any atom is -0.333 e. The number of halogens is 1. The van der Waals surface area contributed by atoms with Crippen molar-refractivity contribution in [3.63, 3.8) is 0 Å². The van der Waals surface area contributed by atoms with Crippen molar-refractivity contribution in [2.24, 2.45) is 0 Å². The van der Waals surface area contributed by atoms with E-state index in [1.54, 1.807) is 24.3 Å². The Morgan fingerprint density at radius 2 is 1.90 bits per heavy atom. The van der Waals surface area contributed by atoms with Crippen molar-refractivity contribution in [1.82, 2.24) is 15.1 Å². The third-order valence-corrected chi connectivity index (χ3v) is 3.36. The monoisotopic (exact) mass is 301 g/mol. The molecule has 0 unspecified atom stereocenters. The number of pyridine rings is 1. The fourth-order valence-electron chi connectivity index (χ4n) is 2.16. The molecule has 0 radical (unpaired) electrons. The molecule has 3 rings (SSSR count). The molecule has 1 N–H and O–H groups in total. The molecule has 5 nitrogen and oxygen atoms in total. The van der Waals surface area contributed by atoms with E-state index in [0.29, 0.717) is 16.4 Å². The van der Waals surface area contributed by atoms with Gasteiger partial charge in [0.1, 0.15) is 5.56 Å². The first kappa shape index (κ1) is 13.6. The Hall–Kier alpha value is -2.40. The quantitative estimate of drug-likeness (QED) is 0.788. The Balaban J connectivity index is 2.07. The largest absolute Gasteiger partial charge is 0.333 e. The van der Waals surface area contributed by atoms with Crippen LogP contribution in [0.15, 0.2) is 39.6 Å². The van der Waals surface area contributed by atoms with Crippen molar-refractivity contribution in [3.8, 4) is 22.8 Å². The van der Waals surface area contributed by atoms with Crippen LogP contribution in [0.3, 0.4) is 0 Å². The Bertz CT molecular complexity index is 850. The summed E-state index contributed by atoms with van der Waals surface area (Å²) in [5.74, 6) is 0.625. The number of H-pyrrole nitrogens is 1. The van der Waals surface area contributed by atoms with E-state index in [-0.39, 0.29) is 11.4 Å². The molecule has 0 spiro atoms. The van der Waals surface area contributed by atoms with Crippen LogP contribution in [0.5, 0.6) is 0 Å². The van der Waals surface area contributed by atoms with Crippen molar-refractivity contribution in [1.29, 1.82) is 0 Å². The lowest BCUT2D eigenvalue weighted by Crippen LogP contribution is -2.12. The predicted molar refractivity (Wildman–Crippen MR) is 80.3 cm³/mol. The van der Waals surface area contributed by atoms with E-state index in [4.69, 9.17) is 16.1 Å². The summed E-state index contributed by atoms with van der Waals surface area (Å²) < 4.78 is 5.22. The number of benzene rings is 1. The molecule has 0 saturated heterocycles. The molecule has 0 aliphatic rings. The summed E-state index contributed by atoms with van der Waals surface area (Å²) in [6, 6.07) is 8.95. The van der Waals surface area contributed by atoms with Gasteiger partial charge in [0.15, 0.2) is 0 Å². The maximum Gasteiger partial charge on any atom is 0.264 e. The lowest BCUT2D eigenvalue weighted by atomic mass is 10.1. The summed E-state index contributed by atoms with van der Waals surface area (Å²) in [5.41, 5.74) is 2.52. The van der Waals surface area contributed by atoms with Crippen LogP contribution >= 0.6 is 11.6 Å². The molecule has 2 heterocycles. The summed E-state index contributed by atoms with van der Waals surface area (Å²) in [6.45, 7) is 3.66. The SMILES string of the molecule is Cc1cc(C)c(-c2nc(-c3ccc(Cl)cc3)no2)c(=O)[nH]1. The van der Waals surface area contributed by atoms with Crippen LogP contribution in [0.25, 0.3) is 22.8 Å². The average Bonchev–Trinajstić information content (AvgIpc) is 2.87. The highest BCUT2D eigenvalue weighted by Gasteiger charge is 2.16. The Labute approximate surface area is 125 Å². The minimum atomic E-state index is -0.237. The summed E-state index contributed by atoms with van der Waals surface area (Å²) in [6.07, 6.45) is 0. The summed E-state index contributed by atoms with van der Waals surface area (Å²) in [5, 5.41) is 4.55. The third-order valence-electron chi connectivity index (χ3n) is 3.11. The zero-order chi connectivity index (χ0) is 15.0. The molecule has 0 atom stereocenters. The zero-order valence-electron chi connectivity index (χ0n) is 11.5. The van der Waals surface area contributed by atoms with Gasteiger partial charge in [-0.15, -0.1) is 0 Å². The minimum absolute atomic E-state index is 0.207. The standard InChI is InChI=1S/C15H12ClN3O2/c1-8-7-9(2)17-14(20)12(8)15-18-13(19-21-15)10-3-5-11(16)6-4-10/h3-7H,1-2H3,(H,17,20). The molecule has 0 amide bonds. The van der Waals surface area contributed by atoms with Gasteiger partial charge in [-0.3, -0.25) is 4.79 Å². The first-order valence-electron chi connectivity index (χ1n) is 6.35. The van der Waals surface area contributed by atoms with Gasteiger partial charge in [0, 0.05) is 16.3 Å². The second-order valence-electron chi connectivity index (χ2n) is 4.77. The molecular weight excluding hydrogens is 290 g/mol. The number of aryl methyl sites for hydroxylation is 2. The van der Waals surface area contributed by atoms with E-state index in [2.05, 4.69) is 15.1 Å². The molecule has 106 valence electrons. The van der Waals surface area contributed by atoms with Gasteiger partial charge in [0.2, 0.25) is 5.82 Å². The lowest BCUT2D eigenvalue weighted by Gasteiger charge is -2.00. The Morgan fingerprint density at radius 3 is 2.57 bits per heavy atom. The number of nitrogens with zero attached hydrogens (tertiary/aromatic N) is 2. The van der Waals surface area contributed by atoms with E-state index in [9.17, 15) is 4.79 Å².